The van der Waals surface area contributed by atoms with Crippen LogP contribution < -0.4 is 5.32 Å². The van der Waals surface area contributed by atoms with Gasteiger partial charge in [0.2, 0.25) is 5.91 Å². The number of aliphatic carboxylic acids is 1. The van der Waals surface area contributed by atoms with Crippen LogP contribution in [0.4, 0.5) is 0 Å². The van der Waals surface area contributed by atoms with E-state index in [9.17, 15) is 23.1 Å². The number of nitrogens with one attached hydrogen (secondary N) is 1. The molecule has 6 nitrogen and oxygen atoms in total. The van der Waals surface area contributed by atoms with E-state index in [1.807, 2.05) is 31.2 Å². The van der Waals surface area contributed by atoms with Crippen molar-refractivity contribution in [3.63, 3.8) is 0 Å². The molecule has 0 bridgehead atoms. The molecule has 0 aromatic heterocycles. The zero-order valence-electron chi connectivity index (χ0n) is 14.6. The van der Waals surface area contributed by atoms with Gasteiger partial charge in [-0.15, -0.1) is 0 Å². The lowest BCUT2D eigenvalue weighted by Crippen LogP contribution is -2.37. The van der Waals surface area contributed by atoms with E-state index >= 15 is 0 Å². The molecule has 140 valence electrons. The van der Waals surface area contributed by atoms with E-state index in [0.717, 1.165) is 23.6 Å². The van der Waals surface area contributed by atoms with E-state index in [2.05, 4.69) is 5.32 Å². The molecule has 2 rings (SSSR count). The standard InChI is InChI=1S/C19H23NO5S/c1-2-3-6-11-26(24,25)13-17(21)20-18(19(22)23)16-10-9-14-7-4-5-8-15(14)12-16/h4-5,7-10,12,18H,2-3,6,11,13H2,1H3,(H,20,21)(H,22,23). The van der Waals surface area contributed by atoms with Gasteiger partial charge >= 0.3 is 5.97 Å². The molecule has 26 heavy (non-hydrogen) atoms. The Morgan fingerprint density at radius 1 is 1.08 bits per heavy atom. The molecule has 0 saturated carbocycles. The van der Waals surface area contributed by atoms with Gasteiger partial charge in [-0.1, -0.05) is 56.2 Å². The number of unbranched alkanes of at least 4 members (excludes halogenated alkanes) is 2. The average molecular weight is 377 g/mol. The fraction of sp³-hybridized carbons (Fsp3) is 0.368. The third-order valence-corrected chi connectivity index (χ3v) is 5.68. The number of carboxylic acid groups (broad SMARTS) is 1. The van der Waals surface area contributed by atoms with Crippen molar-refractivity contribution in [1.82, 2.24) is 5.32 Å². The van der Waals surface area contributed by atoms with Crippen molar-refractivity contribution < 1.29 is 23.1 Å². The monoisotopic (exact) mass is 377 g/mol. The lowest BCUT2D eigenvalue weighted by atomic mass is 10.0. The second-order valence-electron chi connectivity index (χ2n) is 6.24. The highest BCUT2D eigenvalue weighted by atomic mass is 32.2. The van der Waals surface area contributed by atoms with Gasteiger partial charge in [0.1, 0.15) is 5.75 Å². The molecule has 0 spiro atoms. The zero-order valence-corrected chi connectivity index (χ0v) is 15.5. The topological polar surface area (TPSA) is 101 Å². The molecule has 0 radical (unpaired) electrons. The molecule has 2 aromatic rings. The fourth-order valence-electron chi connectivity index (χ4n) is 2.72. The van der Waals surface area contributed by atoms with E-state index in [1.54, 1.807) is 18.2 Å². The van der Waals surface area contributed by atoms with Gasteiger partial charge < -0.3 is 10.4 Å². The Morgan fingerprint density at radius 3 is 2.42 bits per heavy atom. The number of rotatable bonds is 9. The summed E-state index contributed by atoms with van der Waals surface area (Å²) in [5.74, 6) is -2.81. The first kappa shape index (κ1) is 19.9. The van der Waals surface area contributed by atoms with Crippen LogP contribution >= 0.6 is 0 Å². The van der Waals surface area contributed by atoms with Crippen LogP contribution in [0.5, 0.6) is 0 Å². The van der Waals surface area contributed by atoms with Gasteiger partial charge in [-0.25, -0.2) is 13.2 Å². The molecule has 0 fully saturated rings. The molecular formula is C19H23NO5S. The number of hydrogen-bond donors (Lipinski definition) is 2. The molecule has 2 aromatic carbocycles. The molecule has 1 unspecified atom stereocenters. The number of hydrogen-bond acceptors (Lipinski definition) is 4. The van der Waals surface area contributed by atoms with Gasteiger partial charge in [-0.3, -0.25) is 4.79 Å². The number of carbonyl (C=O) groups is 2. The van der Waals surface area contributed by atoms with Gasteiger partial charge in [0, 0.05) is 0 Å². The SMILES string of the molecule is CCCCCS(=O)(=O)CC(=O)NC(C(=O)O)c1ccc2ccccc2c1. The molecule has 0 saturated heterocycles. The third-order valence-electron chi connectivity index (χ3n) is 4.07. The van der Waals surface area contributed by atoms with Crippen molar-refractivity contribution in [1.29, 1.82) is 0 Å². The summed E-state index contributed by atoms with van der Waals surface area (Å²) in [6, 6.07) is 11.2. The summed E-state index contributed by atoms with van der Waals surface area (Å²) in [5, 5.41) is 13.6. The Morgan fingerprint density at radius 2 is 1.77 bits per heavy atom. The second kappa shape index (κ2) is 8.80. The number of sulfone groups is 1. The Bertz CT molecular complexity index is 892. The zero-order chi connectivity index (χ0) is 19.2. The van der Waals surface area contributed by atoms with Crippen molar-refractivity contribution in [2.75, 3.05) is 11.5 Å². The minimum absolute atomic E-state index is 0.0675. The number of benzene rings is 2. The summed E-state index contributed by atoms with van der Waals surface area (Å²) in [7, 11) is -3.55. The minimum Gasteiger partial charge on any atom is -0.479 e. The largest absolute Gasteiger partial charge is 0.479 e. The van der Waals surface area contributed by atoms with Crippen LogP contribution in [0.25, 0.3) is 10.8 Å². The number of fused-ring (bicyclic) bond motifs is 1. The van der Waals surface area contributed by atoms with E-state index < -0.39 is 33.5 Å². The van der Waals surface area contributed by atoms with E-state index in [-0.39, 0.29) is 5.75 Å². The van der Waals surface area contributed by atoms with Crippen molar-refractivity contribution in [2.45, 2.75) is 32.2 Å². The summed E-state index contributed by atoms with van der Waals surface area (Å²) in [4.78, 5) is 23.7. The number of carboxylic acids is 1. The lowest BCUT2D eigenvalue weighted by molar-refractivity contribution is -0.141. The first-order valence-electron chi connectivity index (χ1n) is 8.53. The predicted molar refractivity (Wildman–Crippen MR) is 101 cm³/mol. The van der Waals surface area contributed by atoms with Crippen molar-refractivity contribution in [3.8, 4) is 0 Å². The van der Waals surface area contributed by atoms with Gasteiger partial charge in [0.05, 0.1) is 5.75 Å². The molecule has 0 aliphatic heterocycles. The van der Waals surface area contributed by atoms with Crippen LogP contribution in [0.1, 0.15) is 37.8 Å². The van der Waals surface area contributed by atoms with Crippen LogP contribution in [0.3, 0.4) is 0 Å². The highest BCUT2D eigenvalue weighted by Gasteiger charge is 2.25. The summed E-state index contributed by atoms with van der Waals surface area (Å²) < 4.78 is 23.9. The van der Waals surface area contributed by atoms with Gasteiger partial charge in [0.15, 0.2) is 15.9 Å². The molecule has 0 aliphatic carbocycles. The van der Waals surface area contributed by atoms with Crippen LogP contribution in [0, 0.1) is 0 Å². The van der Waals surface area contributed by atoms with Crippen LogP contribution in [0.15, 0.2) is 42.5 Å². The van der Waals surface area contributed by atoms with E-state index in [0.29, 0.717) is 12.0 Å². The maximum Gasteiger partial charge on any atom is 0.330 e. The van der Waals surface area contributed by atoms with Crippen LogP contribution in [0.2, 0.25) is 0 Å². The number of carbonyl (C=O) groups excluding carboxylic acids is 1. The van der Waals surface area contributed by atoms with Crippen molar-refractivity contribution in [2.24, 2.45) is 0 Å². The molecule has 0 heterocycles. The first-order valence-corrected chi connectivity index (χ1v) is 10.4. The molecule has 0 aliphatic rings. The summed E-state index contributed by atoms with van der Waals surface area (Å²) in [6.07, 6.45) is 2.15. The smallest absolute Gasteiger partial charge is 0.330 e. The fourth-order valence-corrected chi connectivity index (χ4v) is 3.99. The minimum atomic E-state index is -3.55. The third kappa shape index (κ3) is 5.56. The lowest BCUT2D eigenvalue weighted by Gasteiger charge is -2.16. The maximum absolute atomic E-state index is 12.1. The molecule has 1 amide bonds. The van der Waals surface area contributed by atoms with Crippen molar-refractivity contribution in [3.05, 3.63) is 48.0 Å². The Hall–Kier alpha value is -2.41. The quantitative estimate of drug-likeness (QED) is 0.655. The predicted octanol–water partition coefficient (Wildman–Crippen LogP) is 2.69. The van der Waals surface area contributed by atoms with Crippen LogP contribution in [-0.2, 0) is 19.4 Å². The second-order valence-corrected chi connectivity index (χ2v) is 8.43. The van der Waals surface area contributed by atoms with Crippen LogP contribution in [-0.4, -0.2) is 36.9 Å². The normalized spacial score (nSPS) is 12.7. The van der Waals surface area contributed by atoms with Gasteiger partial charge in [0.25, 0.3) is 0 Å². The molecule has 2 N–H and O–H groups in total. The van der Waals surface area contributed by atoms with Gasteiger partial charge in [-0.2, -0.15) is 0 Å². The maximum atomic E-state index is 12.1. The van der Waals surface area contributed by atoms with E-state index in [1.165, 1.54) is 0 Å². The summed E-state index contributed by atoms with van der Waals surface area (Å²) in [5.41, 5.74) is 0.396. The highest BCUT2D eigenvalue weighted by Crippen LogP contribution is 2.21. The first-order chi connectivity index (χ1) is 12.3. The Labute approximate surface area is 153 Å². The Balaban J connectivity index is 2.12. The Kier molecular flexibility index (Phi) is 6.74. The highest BCUT2D eigenvalue weighted by molar-refractivity contribution is 7.92. The summed E-state index contributed by atoms with van der Waals surface area (Å²) >= 11 is 0. The van der Waals surface area contributed by atoms with E-state index in [4.69, 9.17) is 0 Å². The summed E-state index contributed by atoms with van der Waals surface area (Å²) in [6.45, 7) is 1.96. The van der Waals surface area contributed by atoms with Crippen molar-refractivity contribution >= 4 is 32.5 Å². The molecule has 1 atom stereocenters. The number of amides is 1. The molecule has 7 heteroatoms. The average Bonchev–Trinajstić information content (AvgIpc) is 2.58. The molecular weight excluding hydrogens is 354 g/mol. The van der Waals surface area contributed by atoms with Gasteiger partial charge in [-0.05, 0) is 28.8 Å².